The molecule has 11 aromatic rings. The minimum atomic E-state index is -0.485. The van der Waals surface area contributed by atoms with Gasteiger partial charge in [0.2, 0.25) is 0 Å². The Hall–Kier alpha value is -8.67. The van der Waals surface area contributed by atoms with Gasteiger partial charge in [-0.05, 0) is 135 Å². The Morgan fingerprint density at radius 1 is 0.421 bits per heavy atom. The van der Waals surface area contributed by atoms with Gasteiger partial charge in [-0.25, -0.2) is 4.98 Å². The molecule has 2 aliphatic carbocycles. The number of rotatable bonds is 9. The zero-order chi connectivity index (χ0) is 51.2. The number of hydrogen-bond acceptors (Lipinski definition) is 4. The summed E-state index contributed by atoms with van der Waals surface area (Å²) in [6.07, 6.45) is 5.55. The molecule has 370 valence electrons. The fourth-order valence-corrected chi connectivity index (χ4v) is 14.8. The first kappa shape index (κ1) is 45.9. The average Bonchev–Trinajstić information content (AvgIpc) is 4.23. The monoisotopic (exact) mass is 984 g/mol. The van der Waals surface area contributed by atoms with Crippen molar-refractivity contribution in [1.82, 2.24) is 9.55 Å². The lowest BCUT2D eigenvalue weighted by Gasteiger charge is -2.60. The smallest absolute Gasteiger partial charge is 0.137 e. The molecule has 0 N–H and O–H groups in total. The lowest BCUT2D eigenvalue weighted by atomic mass is 9.43. The summed E-state index contributed by atoms with van der Waals surface area (Å²) in [5.74, 6) is 2.45. The van der Waals surface area contributed by atoms with Crippen molar-refractivity contribution in [3.63, 3.8) is 0 Å². The van der Waals surface area contributed by atoms with Crippen LogP contribution in [0.3, 0.4) is 0 Å². The van der Waals surface area contributed by atoms with E-state index in [2.05, 4.69) is 279 Å². The van der Waals surface area contributed by atoms with Crippen LogP contribution in [0.4, 0.5) is 22.7 Å². The molecule has 3 heterocycles. The van der Waals surface area contributed by atoms with Gasteiger partial charge in [0.05, 0.1) is 27.8 Å². The largest absolute Gasteiger partial charge is 0.457 e. The van der Waals surface area contributed by atoms with Crippen molar-refractivity contribution in [2.24, 2.45) is 10.8 Å². The van der Waals surface area contributed by atoms with Crippen molar-refractivity contribution in [3.05, 3.63) is 276 Å². The highest BCUT2D eigenvalue weighted by molar-refractivity contribution is 6.09. The molecule has 0 unspecified atom stereocenters. The first-order valence-corrected chi connectivity index (χ1v) is 27.0. The van der Waals surface area contributed by atoms with Crippen molar-refractivity contribution < 1.29 is 4.74 Å². The molecule has 5 heteroatoms. The topological polar surface area (TPSA) is 33.5 Å². The molecule has 0 atom stereocenters. The molecule has 5 nitrogen and oxygen atoms in total. The number of para-hydroxylation sites is 3. The molecule has 9 aromatic carbocycles. The maximum Gasteiger partial charge on any atom is 0.137 e. The first-order chi connectivity index (χ1) is 37.2. The van der Waals surface area contributed by atoms with Crippen LogP contribution >= 0.6 is 0 Å². The molecule has 0 radical (unpaired) electrons. The van der Waals surface area contributed by atoms with Gasteiger partial charge in [-0.3, -0.25) is 4.57 Å². The summed E-state index contributed by atoms with van der Waals surface area (Å²) in [5, 5.41) is 2.35. The van der Waals surface area contributed by atoms with Crippen LogP contribution in [0.2, 0.25) is 0 Å². The van der Waals surface area contributed by atoms with Crippen LogP contribution in [0.5, 0.6) is 11.5 Å². The third kappa shape index (κ3) is 6.74. The quantitative estimate of drug-likeness (QED) is 0.144. The number of ether oxygens (including phenoxy) is 1. The summed E-state index contributed by atoms with van der Waals surface area (Å²) < 4.78 is 9.28. The van der Waals surface area contributed by atoms with Crippen molar-refractivity contribution >= 4 is 44.6 Å². The Balaban J connectivity index is 0.827. The molecule has 14 rings (SSSR count). The summed E-state index contributed by atoms with van der Waals surface area (Å²) in [6.45, 7) is 10.6. The second kappa shape index (κ2) is 17.5. The Morgan fingerprint density at radius 3 is 1.71 bits per heavy atom. The number of fused-ring (bicyclic) bond motifs is 7. The maximum atomic E-state index is 6.93. The zero-order valence-corrected chi connectivity index (χ0v) is 43.6. The van der Waals surface area contributed by atoms with Gasteiger partial charge < -0.3 is 14.5 Å². The number of pyridine rings is 1. The molecular formula is C71H60N4O. The van der Waals surface area contributed by atoms with Gasteiger partial charge in [-0.2, -0.15) is 0 Å². The third-order valence-corrected chi connectivity index (χ3v) is 17.8. The summed E-state index contributed by atoms with van der Waals surface area (Å²) in [6, 6.07) is 86.6. The molecule has 1 saturated carbocycles. The standard InChI is InChI=1S/C71H60N4O/c1-68(2)41-21-42-69(3,4)71(68,51-26-12-7-13-27-51)52-40-43-72-67(44-52)75-63-33-17-15-31-59(63)60-39-37-56(47-66(60)75)76-55-29-20-28-53(45-55)73-48-74(65-35-19-18-34-64(65)73)54-36-38-58-57-30-14-16-32-61(57)70(62(58)46-54,49-22-8-5-9-23-49)50-24-10-6-11-25-50/h5-20,22-40,43-47H,21,41-42,48H2,1-4H3. The molecule has 3 aliphatic rings. The molecule has 1 aliphatic heterocycles. The highest BCUT2D eigenvalue weighted by atomic mass is 16.5. The molecular weight excluding hydrogens is 925 g/mol. The Labute approximate surface area is 446 Å². The van der Waals surface area contributed by atoms with Gasteiger partial charge >= 0.3 is 0 Å². The van der Waals surface area contributed by atoms with Crippen LogP contribution in [0, 0.1) is 10.8 Å². The summed E-state index contributed by atoms with van der Waals surface area (Å²) in [5.41, 5.74) is 16.3. The van der Waals surface area contributed by atoms with E-state index >= 15 is 0 Å². The minimum Gasteiger partial charge on any atom is -0.457 e. The van der Waals surface area contributed by atoms with Crippen LogP contribution < -0.4 is 14.5 Å². The number of aromatic nitrogens is 2. The average molecular weight is 985 g/mol. The van der Waals surface area contributed by atoms with E-state index in [1.165, 1.54) is 56.3 Å². The van der Waals surface area contributed by atoms with E-state index in [-0.39, 0.29) is 16.2 Å². The van der Waals surface area contributed by atoms with Crippen molar-refractivity contribution in [3.8, 4) is 28.4 Å². The van der Waals surface area contributed by atoms with E-state index in [0.717, 1.165) is 69.3 Å². The molecule has 1 fully saturated rings. The first-order valence-electron chi connectivity index (χ1n) is 27.0. The lowest BCUT2D eigenvalue weighted by Crippen LogP contribution is -2.56. The van der Waals surface area contributed by atoms with Gasteiger partial charge in [-0.1, -0.05) is 192 Å². The van der Waals surface area contributed by atoms with E-state index in [9.17, 15) is 0 Å². The molecule has 0 bridgehead atoms. The van der Waals surface area contributed by atoms with Gasteiger partial charge in [0.1, 0.15) is 24.0 Å². The van der Waals surface area contributed by atoms with Crippen molar-refractivity contribution in [2.75, 3.05) is 16.5 Å². The molecule has 0 spiro atoms. The second-order valence-corrected chi connectivity index (χ2v) is 22.5. The Morgan fingerprint density at radius 2 is 1.00 bits per heavy atom. The highest BCUT2D eigenvalue weighted by Gasteiger charge is 2.58. The fraction of sp³-hybridized carbons (Fsp3) is 0.169. The molecule has 0 amide bonds. The van der Waals surface area contributed by atoms with Gasteiger partial charge in [0, 0.05) is 45.9 Å². The van der Waals surface area contributed by atoms with Crippen LogP contribution in [0.25, 0.3) is 38.8 Å². The second-order valence-electron chi connectivity index (χ2n) is 22.5. The van der Waals surface area contributed by atoms with E-state index in [1.807, 2.05) is 6.20 Å². The number of nitrogens with zero attached hydrogens (tertiary/aromatic N) is 4. The van der Waals surface area contributed by atoms with Crippen LogP contribution in [0.15, 0.2) is 243 Å². The predicted molar refractivity (Wildman–Crippen MR) is 313 cm³/mol. The minimum absolute atomic E-state index is 0.00648. The highest BCUT2D eigenvalue weighted by Crippen LogP contribution is 2.64. The zero-order valence-electron chi connectivity index (χ0n) is 43.6. The van der Waals surface area contributed by atoms with Crippen molar-refractivity contribution in [2.45, 2.75) is 57.8 Å². The van der Waals surface area contributed by atoms with Crippen molar-refractivity contribution in [1.29, 1.82) is 0 Å². The normalized spacial score (nSPS) is 16.6. The van der Waals surface area contributed by atoms with Gasteiger partial charge in [0.25, 0.3) is 0 Å². The van der Waals surface area contributed by atoms with E-state index in [0.29, 0.717) is 6.67 Å². The van der Waals surface area contributed by atoms with Gasteiger partial charge in [0.15, 0.2) is 0 Å². The van der Waals surface area contributed by atoms with Crippen LogP contribution in [-0.2, 0) is 10.8 Å². The Bertz CT molecular complexity index is 3950. The van der Waals surface area contributed by atoms with Crippen LogP contribution in [0.1, 0.15) is 80.3 Å². The third-order valence-electron chi connectivity index (χ3n) is 17.8. The number of benzene rings is 9. The van der Waals surface area contributed by atoms with E-state index < -0.39 is 5.41 Å². The summed E-state index contributed by atoms with van der Waals surface area (Å²) >= 11 is 0. The Kier molecular flexibility index (Phi) is 10.5. The molecule has 2 aromatic heterocycles. The maximum absolute atomic E-state index is 6.93. The van der Waals surface area contributed by atoms with E-state index in [4.69, 9.17) is 9.72 Å². The SMILES string of the molecule is CC1(C)CCCC(C)(C)C1(c1ccccc1)c1ccnc(-n2c3ccccc3c3ccc(Oc4cccc(N5CN(c6ccc7c(c6)C(c6ccccc6)(c6ccccc6)c6ccccc6-7)c6ccccc65)c4)cc32)c1. The molecule has 0 saturated heterocycles. The predicted octanol–water partition coefficient (Wildman–Crippen LogP) is 18.1. The number of hydrogen-bond donors (Lipinski definition) is 0. The lowest BCUT2D eigenvalue weighted by molar-refractivity contribution is 0.00547. The van der Waals surface area contributed by atoms with Crippen LogP contribution in [-0.4, -0.2) is 16.2 Å². The fourth-order valence-electron chi connectivity index (χ4n) is 14.8. The van der Waals surface area contributed by atoms with E-state index in [1.54, 1.807) is 0 Å². The number of anilines is 4. The molecule has 76 heavy (non-hydrogen) atoms. The summed E-state index contributed by atoms with van der Waals surface area (Å²) in [4.78, 5) is 10.1. The van der Waals surface area contributed by atoms with Gasteiger partial charge in [-0.15, -0.1) is 0 Å². The summed E-state index contributed by atoms with van der Waals surface area (Å²) in [7, 11) is 0.